The zero-order valence-electron chi connectivity index (χ0n) is 32.5. The summed E-state index contributed by atoms with van der Waals surface area (Å²) in [6.07, 6.45) is 0.138. The lowest BCUT2D eigenvalue weighted by molar-refractivity contribution is -0.148. The van der Waals surface area contributed by atoms with Gasteiger partial charge in [0.25, 0.3) is 0 Å². The molecular formula is C38H65N5O7. The third-order valence-corrected chi connectivity index (χ3v) is 10.7. The fraction of sp³-hybridized carbons (Fsp3) is 0.737. The summed E-state index contributed by atoms with van der Waals surface area (Å²) in [5.41, 5.74) is -0.155. The molecule has 0 aliphatic carbocycles. The van der Waals surface area contributed by atoms with Gasteiger partial charge in [-0.3, -0.25) is 19.2 Å². The van der Waals surface area contributed by atoms with Crippen LogP contribution in [0.1, 0.15) is 92.7 Å². The third-order valence-electron chi connectivity index (χ3n) is 10.7. The Balaban J connectivity index is 2.24. The standard InChI is InChI=1S/C38H65N5O7/c1-13-24(4)32(42(10)36(47)31(23(2)3)41-37(48)38(7,8)39-9)29(49-11)22-30(44)43-21-17-20-28(43)34(50-12)25(5)35(46)40-26(6)33(45)27-18-15-14-16-19-27/h14-16,18-19,23-26,28-29,31-34,39,45H,13,17,20-22H2,1-12H3,(H,40,46)(H,41,48)/t24-,25+,26+,28?,29+,31-,32-,33+,34+/m0/s1. The van der Waals surface area contributed by atoms with Crippen LogP contribution in [0.25, 0.3) is 0 Å². The number of likely N-dealkylation sites (tertiary alicyclic amines) is 1. The summed E-state index contributed by atoms with van der Waals surface area (Å²) >= 11 is 0. The second-order valence-corrected chi connectivity index (χ2v) is 14.8. The van der Waals surface area contributed by atoms with E-state index in [-0.39, 0.29) is 47.9 Å². The molecule has 0 bridgehead atoms. The van der Waals surface area contributed by atoms with Crippen molar-refractivity contribution >= 4 is 23.6 Å². The average molecular weight is 704 g/mol. The highest BCUT2D eigenvalue weighted by Crippen LogP contribution is 2.30. The maximum absolute atomic E-state index is 14.1. The number of aliphatic hydroxyl groups excluding tert-OH is 1. The Bertz CT molecular complexity index is 1250. The van der Waals surface area contributed by atoms with Gasteiger partial charge in [-0.15, -0.1) is 0 Å². The van der Waals surface area contributed by atoms with Gasteiger partial charge in [-0.25, -0.2) is 0 Å². The summed E-state index contributed by atoms with van der Waals surface area (Å²) in [5.74, 6) is -1.73. The average Bonchev–Trinajstić information content (AvgIpc) is 3.59. The van der Waals surface area contributed by atoms with Crippen molar-refractivity contribution in [1.82, 2.24) is 25.8 Å². The molecule has 12 heteroatoms. The minimum Gasteiger partial charge on any atom is -0.386 e. The summed E-state index contributed by atoms with van der Waals surface area (Å²) in [7, 11) is 6.53. The molecule has 0 aromatic heterocycles. The van der Waals surface area contributed by atoms with Crippen LogP contribution in [-0.4, -0.2) is 115 Å². The predicted molar refractivity (Wildman–Crippen MR) is 195 cm³/mol. The number of ether oxygens (including phenoxy) is 2. The first-order chi connectivity index (χ1) is 23.5. The van der Waals surface area contributed by atoms with Crippen LogP contribution in [0.4, 0.5) is 0 Å². The Kier molecular flexibility index (Phi) is 16.8. The van der Waals surface area contributed by atoms with E-state index < -0.39 is 47.9 Å². The van der Waals surface area contributed by atoms with Gasteiger partial charge in [0.15, 0.2) is 0 Å². The molecule has 50 heavy (non-hydrogen) atoms. The lowest BCUT2D eigenvalue weighted by Crippen LogP contribution is -2.61. The molecule has 1 saturated heterocycles. The number of nitrogens with one attached hydrogen (secondary N) is 3. The van der Waals surface area contributed by atoms with Crippen LogP contribution < -0.4 is 16.0 Å². The first kappa shape index (κ1) is 43.1. The van der Waals surface area contributed by atoms with Gasteiger partial charge in [0, 0.05) is 27.8 Å². The number of aliphatic hydroxyl groups is 1. The summed E-state index contributed by atoms with van der Waals surface area (Å²) in [6.45, 7) is 15.4. The van der Waals surface area contributed by atoms with Gasteiger partial charge in [-0.05, 0) is 58.1 Å². The highest BCUT2D eigenvalue weighted by molar-refractivity contribution is 5.92. The maximum Gasteiger partial charge on any atom is 0.245 e. The monoisotopic (exact) mass is 703 g/mol. The van der Waals surface area contributed by atoms with Gasteiger partial charge < -0.3 is 40.3 Å². The molecular weight excluding hydrogens is 638 g/mol. The third kappa shape index (κ3) is 10.7. The highest BCUT2D eigenvalue weighted by Gasteiger charge is 2.43. The SMILES string of the molecule is CC[C@H](C)[C@@H]([C@@H](CC(=O)N1CCCC1[C@H](OC)[C@@H](C)C(=O)N[C@H](C)[C@@H](O)c1ccccc1)OC)N(C)C(=O)[C@@H](NC(=O)C(C)(C)NC)C(C)C. The van der Waals surface area contributed by atoms with E-state index in [2.05, 4.69) is 16.0 Å². The molecule has 284 valence electrons. The second-order valence-electron chi connectivity index (χ2n) is 14.8. The van der Waals surface area contributed by atoms with Gasteiger partial charge in [-0.1, -0.05) is 71.4 Å². The molecule has 2 rings (SSSR count). The Labute approximate surface area is 300 Å². The molecule has 1 unspecified atom stereocenters. The van der Waals surface area contributed by atoms with Crippen LogP contribution in [0.3, 0.4) is 0 Å². The van der Waals surface area contributed by atoms with Gasteiger partial charge >= 0.3 is 0 Å². The Hall–Kier alpha value is -3.06. The molecule has 0 radical (unpaired) electrons. The summed E-state index contributed by atoms with van der Waals surface area (Å²) in [4.78, 5) is 58.1. The van der Waals surface area contributed by atoms with E-state index in [1.54, 1.807) is 65.8 Å². The molecule has 4 N–H and O–H groups in total. The number of carbonyl (C=O) groups excluding carboxylic acids is 4. The van der Waals surface area contributed by atoms with Crippen molar-refractivity contribution in [3.8, 4) is 0 Å². The Morgan fingerprint density at radius 3 is 2.16 bits per heavy atom. The summed E-state index contributed by atoms with van der Waals surface area (Å²) in [6, 6.07) is 7.09. The molecule has 1 heterocycles. The van der Waals surface area contributed by atoms with Crippen molar-refractivity contribution in [2.24, 2.45) is 17.8 Å². The van der Waals surface area contributed by atoms with E-state index in [0.717, 1.165) is 12.8 Å². The number of rotatable bonds is 19. The number of benzene rings is 1. The zero-order chi connectivity index (χ0) is 37.9. The number of carbonyl (C=O) groups is 4. The van der Waals surface area contributed by atoms with Crippen LogP contribution in [0, 0.1) is 17.8 Å². The van der Waals surface area contributed by atoms with E-state index in [1.165, 1.54) is 0 Å². The van der Waals surface area contributed by atoms with E-state index in [1.807, 2.05) is 58.0 Å². The Morgan fingerprint density at radius 2 is 1.64 bits per heavy atom. The van der Waals surface area contributed by atoms with Gasteiger partial charge in [0.2, 0.25) is 23.6 Å². The van der Waals surface area contributed by atoms with Gasteiger partial charge in [0.05, 0.1) is 54.3 Å². The van der Waals surface area contributed by atoms with Crippen molar-refractivity contribution in [2.45, 2.75) is 129 Å². The molecule has 12 nitrogen and oxygen atoms in total. The van der Waals surface area contributed by atoms with Crippen molar-refractivity contribution < 1.29 is 33.8 Å². The lowest BCUT2D eigenvalue weighted by Gasteiger charge is -2.41. The molecule has 4 amide bonds. The fourth-order valence-electron chi connectivity index (χ4n) is 6.85. The van der Waals surface area contributed by atoms with Crippen LogP contribution in [-0.2, 0) is 28.7 Å². The van der Waals surface area contributed by atoms with Gasteiger partial charge in [0.1, 0.15) is 6.04 Å². The predicted octanol–water partition coefficient (Wildman–Crippen LogP) is 3.28. The highest BCUT2D eigenvalue weighted by atomic mass is 16.5. The molecule has 1 aromatic rings. The van der Waals surface area contributed by atoms with Crippen LogP contribution in [0.15, 0.2) is 30.3 Å². The number of hydrogen-bond acceptors (Lipinski definition) is 8. The van der Waals surface area contributed by atoms with Crippen LogP contribution >= 0.6 is 0 Å². The van der Waals surface area contributed by atoms with Crippen molar-refractivity contribution in [2.75, 3.05) is 34.9 Å². The van der Waals surface area contributed by atoms with E-state index >= 15 is 0 Å². The normalized spacial score (nSPS) is 19.9. The minimum atomic E-state index is -0.875. The maximum atomic E-state index is 14.1. The van der Waals surface area contributed by atoms with Gasteiger partial charge in [-0.2, -0.15) is 0 Å². The van der Waals surface area contributed by atoms with E-state index in [4.69, 9.17) is 9.47 Å². The topological polar surface area (TPSA) is 150 Å². The summed E-state index contributed by atoms with van der Waals surface area (Å²) in [5, 5.41) is 19.7. The largest absolute Gasteiger partial charge is 0.386 e. The second kappa shape index (κ2) is 19.5. The number of methoxy groups -OCH3 is 2. The Morgan fingerprint density at radius 1 is 1.02 bits per heavy atom. The van der Waals surface area contributed by atoms with Crippen molar-refractivity contribution in [1.29, 1.82) is 0 Å². The first-order valence-electron chi connectivity index (χ1n) is 18.1. The molecule has 0 spiro atoms. The van der Waals surface area contributed by atoms with E-state index in [9.17, 15) is 24.3 Å². The molecule has 1 fully saturated rings. The zero-order valence-corrected chi connectivity index (χ0v) is 32.5. The van der Waals surface area contributed by atoms with Crippen molar-refractivity contribution in [3.63, 3.8) is 0 Å². The first-order valence-corrected chi connectivity index (χ1v) is 18.1. The lowest BCUT2D eigenvalue weighted by atomic mass is 9.89. The van der Waals surface area contributed by atoms with Crippen molar-refractivity contribution in [3.05, 3.63) is 35.9 Å². The minimum absolute atomic E-state index is 0.0167. The summed E-state index contributed by atoms with van der Waals surface area (Å²) < 4.78 is 11.9. The van der Waals surface area contributed by atoms with Crippen LogP contribution in [0.2, 0.25) is 0 Å². The smallest absolute Gasteiger partial charge is 0.245 e. The quantitative estimate of drug-likeness (QED) is 0.172. The molecule has 9 atom stereocenters. The fourth-order valence-corrected chi connectivity index (χ4v) is 6.85. The number of amides is 4. The number of nitrogens with zero attached hydrogens (tertiary/aromatic N) is 2. The molecule has 1 aromatic carbocycles. The molecule has 0 saturated carbocycles. The van der Waals surface area contributed by atoms with E-state index in [0.29, 0.717) is 18.5 Å². The number of hydrogen-bond donors (Lipinski definition) is 4. The number of likely N-dealkylation sites (N-methyl/N-ethyl adjacent to an activating group) is 2. The molecule has 1 aliphatic heterocycles. The van der Waals surface area contributed by atoms with Crippen LogP contribution in [0.5, 0.6) is 0 Å². The molecule has 1 aliphatic rings.